The molecule has 0 unspecified atom stereocenters. The number of carbonyl (C=O) groups is 2. The molecular weight excluding hydrogens is 176 g/mol. The highest BCUT2D eigenvalue weighted by Gasteiger charge is 2.01. The van der Waals surface area contributed by atoms with Crippen molar-refractivity contribution in [2.75, 3.05) is 13.4 Å². The van der Waals surface area contributed by atoms with Crippen molar-refractivity contribution >= 4 is 12.6 Å². The first-order valence-electron chi connectivity index (χ1n) is 4.16. The van der Waals surface area contributed by atoms with E-state index >= 15 is 0 Å². The van der Waals surface area contributed by atoms with Crippen LogP contribution in [0.2, 0.25) is 0 Å². The molecule has 76 valence electrons. The Labute approximate surface area is 77.0 Å². The van der Waals surface area contributed by atoms with E-state index in [1.54, 1.807) is 0 Å². The predicted octanol–water partition coefficient (Wildman–Crippen LogP) is 1.46. The molecule has 0 radical (unpaired) electrons. The fourth-order valence-corrected chi connectivity index (χ4v) is 0.659. The van der Waals surface area contributed by atoms with Crippen LogP contribution in [0.4, 0.5) is 4.79 Å². The van der Waals surface area contributed by atoms with Crippen LogP contribution in [0.25, 0.3) is 0 Å². The van der Waals surface area contributed by atoms with Crippen molar-refractivity contribution in [1.82, 2.24) is 0 Å². The van der Waals surface area contributed by atoms with Crippen LogP contribution in [0.15, 0.2) is 0 Å². The summed E-state index contributed by atoms with van der Waals surface area (Å²) in [6, 6.07) is 0. The maximum absolute atomic E-state index is 10.6. The summed E-state index contributed by atoms with van der Waals surface area (Å²) >= 11 is 0. The van der Waals surface area contributed by atoms with Crippen molar-refractivity contribution in [1.29, 1.82) is 0 Å². The van der Waals surface area contributed by atoms with Gasteiger partial charge in [0.25, 0.3) is 6.47 Å². The van der Waals surface area contributed by atoms with Crippen molar-refractivity contribution in [3.8, 4) is 0 Å². The molecule has 0 spiro atoms. The summed E-state index contributed by atoms with van der Waals surface area (Å²) in [7, 11) is 0. The Bertz CT molecular complexity index is 145. The average molecular weight is 190 g/mol. The van der Waals surface area contributed by atoms with Crippen molar-refractivity contribution in [3.05, 3.63) is 0 Å². The molecular formula is C8H14O5. The fourth-order valence-electron chi connectivity index (χ4n) is 0.659. The lowest BCUT2D eigenvalue weighted by atomic mass is 10.3. The van der Waals surface area contributed by atoms with Gasteiger partial charge in [0.2, 0.25) is 6.79 Å². The largest absolute Gasteiger partial charge is 0.511 e. The average Bonchev–Trinajstić information content (AvgIpc) is 2.13. The van der Waals surface area contributed by atoms with E-state index in [9.17, 15) is 9.59 Å². The lowest BCUT2D eigenvalue weighted by molar-refractivity contribution is -0.137. The molecule has 0 saturated carbocycles. The number of rotatable bonds is 7. The fraction of sp³-hybridized carbons (Fsp3) is 0.750. The van der Waals surface area contributed by atoms with E-state index in [0.29, 0.717) is 6.61 Å². The van der Waals surface area contributed by atoms with E-state index < -0.39 is 12.9 Å². The van der Waals surface area contributed by atoms with Gasteiger partial charge in [-0.15, -0.1) is 0 Å². The topological polar surface area (TPSA) is 61.8 Å². The Morgan fingerprint density at radius 2 is 2.08 bits per heavy atom. The lowest BCUT2D eigenvalue weighted by Gasteiger charge is -2.03. The van der Waals surface area contributed by atoms with Gasteiger partial charge in [-0.2, -0.15) is 0 Å². The smallest absolute Gasteiger partial charge is 0.434 e. The zero-order chi connectivity index (χ0) is 9.94. The molecule has 0 atom stereocenters. The van der Waals surface area contributed by atoms with Gasteiger partial charge in [-0.3, -0.25) is 4.79 Å². The van der Waals surface area contributed by atoms with Gasteiger partial charge in [-0.1, -0.05) is 19.8 Å². The quantitative estimate of drug-likeness (QED) is 0.263. The number of ether oxygens (including phenoxy) is 3. The summed E-state index contributed by atoms with van der Waals surface area (Å²) in [5.74, 6) is 0. The third-order valence-corrected chi connectivity index (χ3v) is 1.28. The molecule has 0 saturated heterocycles. The van der Waals surface area contributed by atoms with Gasteiger partial charge in [0.1, 0.15) is 0 Å². The van der Waals surface area contributed by atoms with Gasteiger partial charge >= 0.3 is 6.16 Å². The molecule has 0 aliphatic carbocycles. The first-order valence-corrected chi connectivity index (χ1v) is 4.16. The van der Waals surface area contributed by atoms with E-state index in [4.69, 9.17) is 0 Å². The summed E-state index contributed by atoms with van der Waals surface area (Å²) in [5, 5.41) is 0. The Kier molecular flexibility index (Phi) is 7.98. The highest BCUT2D eigenvalue weighted by Crippen LogP contribution is 1.95. The van der Waals surface area contributed by atoms with Crippen molar-refractivity contribution < 1.29 is 23.8 Å². The van der Waals surface area contributed by atoms with Crippen LogP contribution >= 0.6 is 0 Å². The van der Waals surface area contributed by atoms with Gasteiger partial charge in [0, 0.05) is 0 Å². The molecule has 13 heavy (non-hydrogen) atoms. The van der Waals surface area contributed by atoms with E-state index in [2.05, 4.69) is 21.1 Å². The second-order valence-corrected chi connectivity index (χ2v) is 2.33. The first kappa shape index (κ1) is 11.7. The second-order valence-electron chi connectivity index (χ2n) is 2.33. The summed E-state index contributed by atoms with van der Waals surface area (Å²) in [6.45, 7) is 2.20. The number of hydrogen-bond donors (Lipinski definition) is 0. The molecule has 0 aromatic rings. The molecule has 5 heteroatoms. The van der Waals surface area contributed by atoms with Gasteiger partial charge < -0.3 is 14.2 Å². The van der Waals surface area contributed by atoms with E-state index in [0.717, 1.165) is 19.3 Å². The Balaban J connectivity index is 3.15. The summed E-state index contributed by atoms with van der Waals surface area (Å²) < 4.78 is 13.1. The minimum Gasteiger partial charge on any atom is -0.434 e. The molecule has 0 N–H and O–H groups in total. The van der Waals surface area contributed by atoms with E-state index in [-0.39, 0.29) is 6.47 Å². The van der Waals surface area contributed by atoms with Gasteiger partial charge in [-0.05, 0) is 6.42 Å². The van der Waals surface area contributed by atoms with Gasteiger partial charge in [0.05, 0.1) is 6.61 Å². The summed E-state index contributed by atoms with van der Waals surface area (Å²) in [6.07, 6.45) is 2.09. The number of carbonyl (C=O) groups excluding carboxylic acids is 2. The van der Waals surface area contributed by atoms with Crippen molar-refractivity contribution in [2.45, 2.75) is 26.2 Å². The Hall–Kier alpha value is -1.26. The molecule has 0 rings (SSSR count). The van der Waals surface area contributed by atoms with Crippen LogP contribution in [0, 0.1) is 0 Å². The summed E-state index contributed by atoms with van der Waals surface area (Å²) in [5.41, 5.74) is 0. The maximum atomic E-state index is 10.6. The summed E-state index contributed by atoms with van der Waals surface area (Å²) in [4.78, 5) is 20.3. The van der Waals surface area contributed by atoms with Crippen LogP contribution in [-0.2, 0) is 19.0 Å². The molecule has 0 aliphatic heterocycles. The van der Waals surface area contributed by atoms with Crippen molar-refractivity contribution in [3.63, 3.8) is 0 Å². The Morgan fingerprint density at radius 3 is 2.69 bits per heavy atom. The minimum absolute atomic E-state index is 0.199. The molecule has 5 nitrogen and oxygen atoms in total. The van der Waals surface area contributed by atoms with Gasteiger partial charge in [0.15, 0.2) is 0 Å². The highest BCUT2D eigenvalue weighted by atomic mass is 16.8. The molecule has 0 bridgehead atoms. The predicted molar refractivity (Wildman–Crippen MR) is 44.0 cm³/mol. The highest BCUT2D eigenvalue weighted by molar-refractivity contribution is 5.59. The third kappa shape index (κ3) is 8.65. The molecule has 0 aromatic heterocycles. The molecule has 0 fully saturated rings. The number of unbranched alkanes of at least 4 members (excludes halogenated alkanes) is 2. The molecule has 0 aromatic carbocycles. The van der Waals surface area contributed by atoms with Crippen LogP contribution in [0.5, 0.6) is 0 Å². The van der Waals surface area contributed by atoms with Gasteiger partial charge in [-0.25, -0.2) is 4.79 Å². The third-order valence-electron chi connectivity index (χ3n) is 1.28. The van der Waals surface area contributed by atoms with Crippen LogP contribution in [-0.4, -0.2) is 26.0 Å². The zero-order valence-electron chi connectivity index (χ0n) is 7.65. The lowest BCUT2D eigenvalue weighted by Crippen LogP contribution is -2.10. The van der Waals surface area contributed by atoms with Crippen LogP contribution in [0.1, 0.15) is 26.2 Å². The van der Waals surface area contributed by atoms with Crippen molar-refractivity contribution in [2.24, 2.45) is 0 Å². The molecule has 0 aliphatic rings. The number of hydrogen-bond acceptors (Lipinski definition) is 5. The molecule has 0 amide bonds. The minimum atomic E-state index is -0.807. The monoisotopic (exact) mass is 190 g/mol. The normalized spacial score (nSPS) is 9.00. The standard InChI is InChI=1S/C8H14O5/c1-2-3-4-5-12-8(10)13-7-11-6-9/h6H,2-5,7H2,1H3. The zero-order valence-corrected chi connectivity index (χ0v) is 7.65. The maximum Gasteiger partial charge on any atom is 0.511 e. The second kappa shape index (κ2) is 8.83. The van der Waals surface area contributed by atoms with Crippen LogP contribution in [0.3, 0.4) is 0 Å². The SMILES string of the molecule is CCCCCOC(=O)OCOC=O. The van der Waals surface area contributed by atoms with Crippen LogP contribution < -0.4 is 0 Å². The molecule has 0 heterocycles. The first-order chi connectivity index (χ1) is 6.31. The van der Waals surface area contributed by atoms with E-state index in [1.807, 2.05) is 0 Å². The Morgan fingerprint density at radius 1 is 1.31 bits per heavy atom. The van der Waals surface area contributed by atoms with E-state index in [1.165, 1.54) is 0 Å².